The molecule has 2 aromatic rings. The van der Waals surface area contributed by atoms with Crippen molar-refractivity contribution in [2.24, 2.45) is 5.73 Å². The minimum atomic E-state index is -0.191. The molecule has 3 nitrogen and oxygen atoms in total. The van der Waals surface area contributed by atoms with Crippen LogP contribution in [0, 0.1) is 0 Å². The van der Waals surface area contributed by atoms with Crippen molar-refractivity contribution in [2.75, 3.05) is 0 Å². The van der Waals surface area contributed by atoms with Crippen LogP contribution in [0.3, 0.4) is 0 Å². The zero-order chi connectivity index (χ0) is 15.2. The van der Waals surface area contributed by atoms with Gasteiger partial charge >= 0.3 is 0 Å². The van der Waals surface area contributed by atoms with Gasteiger partial charge in [-0.2, -0.15) is 0 Å². The highest BCUT2D eigenvalue weighted by Gasteiger charge is 2.20. The number of aryl methyl sites for hydroxylation is 1. The molecule has 4 heteroatoms. The third-order valence-corrected chi connectivity index (χ3v) is 3.92. The van der Waals surface area contributed by atoms with Gasteiger partial charge < -0.3 is 10.5 Å². The summed E-state index contributed by atoms with van der Waals surface area (Å²) in [7, 11) is 0. The first-order valence-electron chi connectivity index (χ1n) is 7.26. The quantitative estimate of drug-likeness (QED) is 0.872. The van der Waals surface area contributed by atoms with Crippen LogP contribution in [0.25, 0.3) is 0 Å². The van der Waals surface area contributed by atoms with Crippen LogP contribution in [0.4, 0.5) is 0 Å². The van der Waals surface area contributed by atoms with Crippen molar-refractivity contribution < 1.29 is 4.74 Å². The molecular formula is C17H21ClN2O. The van der Waals surface area contributed by atoms with Crippen LogP contribution in [0.15, 0.2) is 42.7 Å². The van der Waals surface area contributed by atoms with Gasteiger partial charge in [-0.15, -0.1) is 0 Å². The molecule has 0 saturated carbocycles. The summed E-state index contributed by atoms with van der Waals surface area (Å²) >= 11 is 6.15. The second-order valence-electron chi connectivity index (χ2n) is 5.00. The van der Waals surface area contributed by atoms with Gasteiger partial charge in [0.25, 0.3) is 0 Å². The smallest absolute Gasteiger partial charge is 0.139 e. The minimum Gasteiger partial charge on any atom is -0.484 e. The van der Waals surface area contributed by atoms with Crippen molar-refractivity contribution in [1.29, 1.82) is 0 Å². The van der Waals surface area contributed by atoms with Gasteiger partial charge in [0.05, 0.1) is 0 Å². The third kappa shape index (κ3) is 3.96. The van der Waals surface area contributed by atoms with Gasteiger partial charge in [-0.3, -0.25) is 4.98 Å². The molecule has 1 aromatic heterocycles. The predicted octanol–water partition coefficient (Wildman–Crippen LogP) is 4.15. The number of hydrogen-bond donors (Lipinski definition) is 1. The first-order chi connectivity index (χ1) is 10.2. The van der Waals surface area contributed by atoms with E-state index in [1.54, 1.807) is 12.4 Å². The largest absolute Gasteiger partial charge is 0.484 e. The molecule has 0 fully saturated rings. The third-order valence-electron chi connectivity index (χ3n) is 3.56. The van der Waals surface area contributed by atoms with E-state index in [2.05, 4.69) is 18.8 Å². The zero-order valence-corrected chi connectivity index (χ0v) is 13.2. The highest BCUT2D eigenvalue weighted by Crippen LogP contribution is 2.28. The molecule has 0 saturated heterocycles. The summed E-state index contributed by atoms with van der Waals surface area (Å²) < 4.78 is 6.14. The Hall–Kier alpha value is -1.58. The van der Waals surface area contributed by atoms with Crippen LogP contribution >= 0.6 is 11.6 Å². The fraction of sp³-hybridized carbons (Fsp3) is 0.353. The molecule has 21 heavy (non-hydrogen) atoms. The number of hydrogen-bond acceptors (Lipinski definition) is 3. The van der Waals surface area contributed by atoms with Crippen LogP contribution in [-0.4, -0.2) is 11.0 Å². The van der Waals surface area contributed by atoms with E-state index < -0.39 is 0 Å². The zero-order valence-electron chi connectivity index (χ0n) is 12.4. The molecule has 0 aliphatic carbocycles. The lowest BCUT2D eigenvalue weighted by molar-refractivity contribution is 0.171. The van der Waals surface area contributed by atoms with Gasteiger partial charge in [0, 0.05) is 23.5 Å². The molecule has 2 unspecified atom stereocenters. The van der Waals surface area contributed by atoms with Crippen LogP contribution < -0.4 is 10.5 Å². The van der Waals surface area contributed by atoms with E-state index in [-0.39, 0.29) is 12.1 Å². The van der Waals surface area contributed by atoms with Gasteiger partial charge in [-0.1, -0.05) is 25.4 Å². The molecule has 2 atom stereocenters. The molecule has 0 amide bonds. The van der Waals surface area contributed by atoms with E-state index in [9.17, 15) is 0 Å². The molecule has 0 radical (unpaired) electrons. The van der Waals surface area contributed by atoms with Gasteiger partial charge in [0.2, 0.25) is 0 Å². The van der Waals surface area contributed by atoms with E-state index in [0.717, 1.165) is 34.7 Å². The summed E-state index contributed by atoms with van der Waals surface area (Å²) in [6.07, 6.45) is 5.03. The number of rotatable bonds is 6. The molecule has 1 aromatic carbocycles. The van der Waals surface area contributed by atoms with Crippen molar-refractivity contribution in [3.05, 3.63) is 58.9 Å². The van der Waals surface area contributed by atoms with Gasteiger partial charge in [0.15, 0.2) is 0 Å². The molecule has 2 rings (SSSR count). The summed E-state index contributed by atoms with van der Waals surface area (Å²) in [6.45, 7) is 4.13. The maximum absolute atomic E-state index is 6.23. The fourth-order valence-corrected chi connectivity index (χ4v) is 2.46. The lowest BCUT2D eigenvalue weighted by atomic mass is 10.0. The lowest BCUT2D eigenvalue weighted by Crippen LogP contribution is -2.31. The fourth-order valence-electron chi connectivity index (χ4n) is 2.21. The van der Waals surface area contributed by atoms with Crippen molar-refractivity contribution >= 4 is 11.6 Å². The van der Waals surface area contributed by atoms with Crippen LogP contribution in [0.2, 0.25) is 5.02 Å². The van der Waals surface area contributed by atoms with E-state index in [4.69, 9.17) is 22.1 Å². The van der Waals surface area contributed by atoms with Gasteiger partial charge in [-0.25, -0.2) is 0 Å². The number of nitrogens with zero attached hydrogens (tertiary/aromatic N) is 1. The van der Waals surface area contributed by atoms with Crippen LogP contribution in [0.5, 0.6) is 5.75 Å². The number of aromatic nitrogens is 1. The van der Waals surface area contributed by atoms with Crippen LogP contribution in [0.1, 0.15) is 37.5 Å². The number of benzene rings is 1. The number of ether oxygens (including phenoxy) is 1. The normalized spacial score (nSPS) is 13.7. The Morgan fingerprint density at radius 1 is 1.19 bits per heavy atom. The van der Waals surface area contributed by atoms with Crippen molar-refractivity contribution in [2.45, 2.75) is 38.8 Å². The van der Waals surface area contributed by atoms with Crippen molar-refractivity contribution in [3.63, 3.8) is 0 Å². The summed E-state index contributed by atoms with van der Waals surface area (Å²) in [5.41, 5.74) is 8.34. The maximum atomic E-state index is 6.23. The molecule has 1 heterocycles. The number of pyridine rings is 1. The second-order valence-corrected chi connectivity index (χ2v) is 5.41. The summed E-state index contributed by atoms with van der Waals surface area (Å²) in [4.78, 5) is 4.05. The SMILES string of the molecule is CCc1cc(OC(c2ccncc2)C(N)CC)ccc1Cl. The summed E-state index contributed by atoms with van der Waals surface area (Å²) in [5, 5.41) is 0.769. The average Bonchev–Trinajstić information content (AvgIpc) is 2.54. The maximum Gasteiger partial charge on any atom is 0.139 e. The Kier molecular flexibility index (Phi) is 5.59. The van der Waals surface area contributed by atoms with Crippen LogP contribution in [-0.2, 0) is 6.42 Å². The van der Waals surface area contributed by atoms with Crippen molar-refractivity contribution in [1.82, 2.24) is 4.98 Å². The van der Waals surface area contributed by atoms with Gasteiger partial charge in [0.1, 0.15) is 11.9 Å². The molecule has 0 spiro atoms. The van der Waals surface area contributed by atoms with E-state index in [1.165, 1.54) is 0 Å². The Morgan fingerprint density at radius 3 is 2.52 bits per heavy atom. The Bertz CT molecular complexity index is 574. The van der Waals surface area contributed by atoms with Gasteiger partial charge in [-0.05, 0) is 54.3 Å². The standard InChI is InChI=1S/C17H21ClN2O/c1-3-12-11-14(5-6-15(12)18)21-17(16(19)4-2)13-7-9-20-10-8-13/h5-11,16-17H,3-4,19H2,1-2H3. The Balaban J connectivity index is 2.27. The molecule has 112 valence electrons. The minimum absolute atomic E-state index is 0.0758. The van der Waals surface area contributed by atoms with Crippen molar-refractivity contribution in [3.8, 4) is 5.75 Å². The molecule has 2 N–H and O–H groups in total. The van der Waals surface area contributed by atoms with E-state index in [0.29, 0.717) is 0 Å². The molecule has 0 bridgehead atoms. The second kappa shape index (κ2) is 7.43. The first-order valence-corrected chi connectivity index (χ1v) is 7.64. The molecule has 0 aliphatic heterocycles. The van der Waals surface area contributed by atoms with E-state index in [1.807, 2.05) is 30.3 Å². The molecule has 0 aliphatic rings. The average molecular weight is 305 g/mol. The summed E-state index contributed by atoms with van der Waals surface area (Å²) in [5.74, 6) is 0.793. The molecular weight excluding hydrogens is 284 g/mol. The highest BCUT2D eigenvalue weighted by atomic mass is 35.5. The summed E-state index contributed by atoms with van der Waals surface area (Å²) in [6, 6.07) is 9.55. The Morgan fingerprint density at radius 2 is 1.90 bits per heavy atom. The Labute approximate surface area is 131 Å². The number of nitrogens with two attached hydrogens (primary N) is 1. The number of halogens is 1. The first kappa shape index (κ1) is 15.8. The lowest BCUT2D eigenvalue weighted by Gasteiger charge is -2.25. The predicted molar refractivity (Wildman–Crippen MR) is 86.7 cm³/mol. The monoisotopic (exact) mass is 304 g/mol. The van der Waals surface area contributed by atoms with E-state index >= 15 is 0 Å². The highest BCUT2D eigenvalue weighted by molar-refractivity contribution is 6.31. The topological polar surface area (TPSA) is 48.1 Å².